The summed E-state index contributed by atoms with van der Waals surface area (Å²) in [5, 5.41) is 3.27. The Morgan fingerprint density at radius 1 is 1.45 bits per heavy atom. The highest BCUT2D eigenvalue weighted by atomic mass is 32.1. The van der Waals surface area contributed by atoms with Crippen molar-refractivity contribution in [2.45, 2.75) is 12.8 Å². The SMILES string of the molecule is Pc1csc(N2CCCC2)n1. The monoisotopic (exact) mass is 186 g/mol. The first-order valence-electron chi connectivity index (χ1n) is 3.82. The molecule has 1 unspecified atom stereocenters. The second kappa shape index (κ2) is 3.08. The van der Waals surface area contributed by atoms with Gasteiger partial charge in [0.2, 0.25) is 0 Å². The summed E-state index contributed by atoms with van der Waals surface area (Å²) in [6.07, 6.45) is 2.65. The number of rotatable bonds is 1. The molecule has 2 heterocycles. The van der Waals surface area contributed by atoms with Crippen molar-refractivity contribution in [3.05, 3.63) is 5.38 Å². The fraction of sp³-hybridized carbons (Fsp3) is 0.571. The highest BCUT2D eigenvalue weighted by Crippen LogP contribution is 2.21. The summed E-state index contributed by atoms with van der Waals surface area (Å²) in [6.45, 7) is 2.38. The molecule has 0 radical (unpaired) electrons. The molecule has 2 nitrogen and oxygen atoms in total. The molecule has 0 bridgehead atoms. The first-order chi connectivity index (χ1) is 5.36. The van der Waals surface area contributed by atoms with Crippen LogP contribution in [-0.2, 0) is 0 Å². The van der Waals surface area contributed by atoms with Gasteiger partial charge in [0.15, 0.2) is 5.13 Å². The Labute approximate surface area is 72.8 Å². The van der Waals surface area contributed by atoms with Crippen molar-refractivity contribution in [3.63, 3.8) is 0 Å². The van der Waals surface area contributed by atoms with Crippen LogP contribution in [0, 0.1) is 0 Å². The van der Waals surface area contributed by atoms with Gasteiger partial charge in [0.05, 0.1) is 5.44 Å². The van der Waals surface area contributed by atoms with Gasteiger partial charge in [0.25, 0.3) is 0 Å². The first kappa shape index (κ1) is 7.51. The van der Waals surface area contributed by atoms with Crippen LogP contribution in [0.1, 0.15) is 12.8 Å². The van der Waals surface area contributed by atoms with E-state index in [0.717, 1.165) is 5.44 Å². The van der Waals surface area contributed by atoms with E-state index >= 15 is 0 Å². The van der Waals surface area contributed by atoms with Gasteiger partial charge in [-0.3, -0.25) is 0 Å². The second-order valence-corrected chi connectivity index (χ2v) is 4.18. The number of hydrogen-bond donors (Lipinski definition) is 0. The Hall–Kier alpha value is -0.140. The summed E-state index contributed by atoms with van der Waals surface area (Å²) in [6, 6.07) is 0. The lowest BCUT2D eigenvalue weighted by Crippen LogP contribution is -2.17. The van der Waals surface area contributed by atoms with Gasteiger partial charge in [-0.2, -0.15) is 0 Å². The lowest BCUT2D eigenvalue weighted by Gasteiger charge is -2.11. The molecule has 2 rings (SSSR count). The maximum atomic E-state index is 4.40. The molecule has 0 spiro atoms. The van der Waals surface area contributed by atoms with Crippen LogP contribution in [0.2, 0.25) is 0 Å². The molecular formula is C7H11N2PS. The van der Waals surface area contributed by atoms with Gasteiger partial charge in [0.1, 0.15) is 0 Å². The van der Waals surface area contributed by atoms with E-state index in [2.05, 4.69) is 24.5 Å². The van der Waals surface area contributed by atoms with E-state index in [0.29, 0.717) is 0 Å². The normalized spacial score (nSPS) is 17.7. The molecule has 4 heteroatoms. The highest BCUT2D eigenvalue weighted by molar-refractivity contribution is 7.29. The third-order valence-electron chi connectivity index (χ3n) is 1.89. The van der Waals surface area contributed by atoms with Crippen LogP contribution < -0.4 is 10.3 Å². The van der Waals surface area contributed by atoms with Crippen molar-refractivity contribution in [1.82, 2.24) is 4.98 Å². The van der Waals surface area contributed by atoms with Crippen LogP contribution in [-0.4, -0.2) is 18.1 Å². The molecule has 1 aromatic rings. The minimum absolute atomic E-state index is 1.07. The van der Waals surface area contributed by atoms with Crippen LogP contribution >= 0.6 is 20.6 Å². The van der Waals surface area contributed by atoms with E-state index in [1.807, 2.05) is 0 Å². The largest absolute Gasteiger partial charge is 0.348 e. The van der Waals surface area contributed by atoms with E-state index in [-0.39, 0.29) is 0 Å². The Balaban J connectivity index is 2.15. The zero-order valence-electron chi connectivity index (χ0n) is 6.29. The van der Waals surface area contributed by atoms with Crippen molar-refractivity contribution >= 4 is 31.1 Å². The molecule has 1 fully saturated rings. The molecule has 11 heavy (non-hydrogen) atoms. The quantitative estimate of drug-likeness (QED) is 0.613. The smallest absolute Gasteiger partial charge is 0.185 e. The van der Waals surface area contributed by atoms with Gasteiger partial charge >= 0.3 is 0 Å². The topological polar surface area (TPSA) is 16.1 Å². The number of anilines is 1. The molecule has 0 aliphatic carbocycles. The standard InChI is InChI=1S/C7H11N2PS/c10-6-5-11-7(8-6)9-3-1-2-4-9/h5H,1-4,10H2. The van der Waals surface area contributed by atoms with E-state index in [4.69, 9.17) is 0 Å². The first-order valence-corrected chi connectivity index (χ1v) is 5.28. The number of aromatic nitrogens is 1. The summed E-state index contributed by atoms with van der Waals surface area (Å²) in [5.41, 5.74) is 1.07. The molecule has 1 saturated heterocycles. The van der Waals surface area contributed by atoms with E-state index in [9.17, 15) is 0 Å². The molecule has 60 valence electrons. The number of hydrogen-bond acceptors (Lipinski definition) is 3. The average Bonchev–Trinajstić information content (AvgIpc) is 2.55. The Kier molecular flexibility index (Phi) is 2.10. The summed E-state index contributed by atoms with van der Waals surface area (Å²) < 4.78 is 0. The fourth-order valence-electron chi connectivity index (χ4n) is 1.33. The number of nitrogens with zero attached hydrogens (tertiary/aromatic N) is 2. The van der Waals surface area contributed by atoms with Crippen molar-refractivity contribution in [2.75, 3.05) is 18.0 Å². The lowest BCUT2D eigenvalue weighted by molar-refractivity contribution is 0.949. The fourth-order valence-corrected chi connectivity index (χ4v) is 2.52. The maximum absolute atomic E-state index is 4.40. The Bertz CT molecular complexity index is 242. The highest BCUT2D eigenvalue weighted by Gasteiger charge is 2.14. The average molecular weight is 186 g/mol. The molecule has 1 atom stereocenters. The Morgan fingerprint density at radius 2 is 2.18 bits per heavy atom. The van der Waals surface area contributed by atoms with E-state index < -0.39 is 0 Å². The third kappa shape index (κ3) is 1.54. The lowest BCUT2D eigenvalue weighted by atomic mass is 10.4. The molecule has 1 aromatic heterocycles. The molecule has 0 saturated carbocycles. The van der Waals surface area contributed by atoms with Gasteiger partial charge in [-0.25, -0.2) is 4.98 Å². The second-order valence-electron chi connectivity index (χ2n) is 2.75. The van der Waals surface area contributed by atoms with Crippen molar-refractivity contribution in [1.29, 1.82) is 0 Å². The molecule has 1 aliphatic heterocycles. The predicted molar refractivity (Wildman–Crippen MR) is 52.9 cm³/mol. The third-order valence-corrected chi connectivity index (χ3v) is 3.34. The van der Waals surface area contributed by atoms with Crippen LogP contribution in [0.4, 0.5) is 5.13 Å². The zero-order valence-corrected chi connectivity index (χ0v) is 8.26. The van der Waals surface area contributed by atoms with Gasteiger partial charge in [-0.05, 0) is 12.8 Å². The molecule has 0 N–H and O–H groups in total. The van der Waals surface area contributed by atoms with Crippen LogP contribution in [0.25, 0.3) is 0 Å². The minimum atomic E-state index is 1.07. The van der Waals surface area contributed by atoms with Gasteiger partial charge < -0.3 is 4.90 Å². The van der Waals surface area contributed by atoms with Crippen molar-refractivity contribution in [2.24, 2.45) is 0 Å². The summed E-state index contributed by atoms with van der Waals surface area (Å²) in [5.74, 6) is 0. The van der Waals surface area contributed by atoms with E-state index in [1.54, 1.807) is 11.3 Å². The van der Waals surface area contributed by atoms with Crippen molar-refractivity contribution < 1.29 is 0 Å². The number of thiazole rings is 1. The molecule has 0 aromatic carbocycles. The van der Waals surface area contributed by atoms with Crippen LogP contribution in [0.5, 0.6) is 0 Å². The van der Waals surface area contributed by atoms with E-state index in [1.165, 1.54) is 31.1 Å². The van der Waals surface area contributed by atoms with Crippen LogP contribution in [0.15, 0.2) is 5.38 Å². The minimum Gasteiger partial charge on any atom is -0.348 e. The summed E-state index contributed by atoms with van der Waals surface area (Å²) >= 11 is 1.74. The van der Waals surface area contributed by atoms with Gasteiger partial charge in [0, 0.05) is 18.5 Å². The predicted octanol–water partition coefficient (Wildman–Crippen LogP) is 1.24. The maximum Gasteiger partial charge on any atom is 0.185 e. The molecule has 0 amide bonds. The zero-order chi connectivity index (χ0) is 7.68. The Morgan fingerprint density at radius 3 is 2.73 bits per heavy atom. The van der Waals surface area contributed by atoms with Crippen LogP contribution in [0.3, 0.4) is 0 Å². The van der Waals surface area contributed by atoms with Crippen molar-refractivity contribution in [3.8, 4) is 0 Å². The van der Waals surface area contributed by atoms with Gasteiger partial charge in [-0.1, -0.05) is 9.24 Å². The molecular weight excluding hydrogens is 175 g/mol. The summed E-state index contributed by atoms with van der Waals surface area (Å²) in [4.78, 5) is 6.76. The molecule has 1 aliphatic rings. The van der Waals surface area contributed by atoms with Gasteiger partial charge in [-0.15, -0.1) is 11.3 Å². The summed E-state index contributed by atoms with van der Waals surface area (Å²) in [7, 11) is 2.63.